The van der Waals surface area contributed by atoms with Gasteiger partial charge >= 0.3 is 0 Å². The van der Waals surface area contributed by atoms with Crippen molar-refractivity contribution in [1.29, 1.82) is 0 Å². The molecule has 1 aromatic rings. The number of fused-ring (bicyclic) bond motifs is 3. The molecule has 4 heterocycles. The van der Waals surface area contributed by atoms with E-state index in [-0.39, 0.29) is 0 Å². The second kappa shape index (κ2) is 7.40. The molecule has 25 heavy (non-hydrogen) atoms. The predicted octanol–water partition coefficient (Wildman–Crippen LogP) is 4.11. The van der Waals surface area contributed by atoms with Crippen LogP contribution in [0.4, 0.5) is 0 Å². The van der Waals surface area contributed by atoms with Gasteiger partial charge in [0, 0.05) is 25.2 Å². The van der Waals surface area contributed by atoms with E-state index in [9.17, 15) is 0 Å². The molecule has 4 fully saturated rings. The van der Waals surface area contributed by atoms with Gasteiger partial charge < -0.3 is 8.97 Å². The van der Waals surface area contributed by atoms with Crippen molar-refractivity contribution in [2.75, 3.05) is 52.9 Å². The van der Waals surface area contributed by atoms with Gasteiger partial charge in [-0.15, -0.1) is 0 Å². The Hall–Kier alpha value is -0.860. The van der Waals surface area contributed by atoms with Crippen LogP contribution in [0.5, 0.6) is 0 Å². The first kappa shape index (κ1) is 17.5. The van der Waals surface area contributed by atoms with E-state index < -0.39 is 0 Å². The molecule has 1 aromatic carbocycles. The SMILES string of the molecule is C[N+]1(CCC[N+]23CCC(CC2)C(Cc2ccccc2)C3)CCCCC1. The molecule has 0 radical (unpaired) electrons. The van der Waals surface area contributed by atoms with E-state index in [0.29, 0.717) is 0 Å². The normalized spacial score (nSPS) is 34.1. The van der Waals surface area contributed by atoms with Crippen LogP contribution in [0.1, 0.15) is 44.1 Å². The van der Waals surface area contributed by atoms with Crippen LogP contribution in [0.3, 0.4) is 0 Å². The van der Waals surface area contributed by atoms with Gasteiger partial charge in [-0.3, -0.25) is 0 Å². The highest BCUT2D eigenvalue weighted by atomic mass is 15.4. The number of nitrogens with zero attached hydrogens (tertiary/aromatic N) is 2. The second-order valence-electron chi connectivity index (χ2n) is 9.69. The minimum absolute atomic E-state index is 0.935. The van der Waals surface area contributed by atoms with Crippen LogP contribution in [0.25, 0.3) is 0 Å². The van der Waals surface area contributed by atoms with Crippen LogP contribution >= 0.6 is 0 Å². The molecule has 0 aromatic heterocycles. The van der Waals surface area contributed by atoms with Crippen LogP contribution < -0.4 is 0 Å². The molecular formula is C23H38N2+2. The van der Waals surface area contributed by atoms with Crippen molar-refractivity contribution in [2.45, 2.75) is 44.9 Å². The maximum absolute atomic E-state index is 2.51. The zero-order valence-corrected chi connectivity index (χ0v) is 16.3. The number of rotatable bonds is 6. The Bertz CT molecular complexity index is 538. The highest BCUT2D eigenvalue weighted by molar-refractivity contribution is 5.15. The number of benzene rings is 1. The van der Waals surface area contributed by atoms with Gasteiger partial charge in [-0.25, -0.2) is 0 Å². The molecule has 5 rings (SSSR count). The Morgan fingerprint density at radius 3 is 2.32 bits per heavy atom. The summed E-state index contributed by atoms with van der Waals surface area (Å²) >= 11 is 0. The fraction of sp³-hybridized carbons (Fsp3) is 0.739. The van der Waals surface area contributed by atoms with Crippen molar-refractivity contribution in [3.63, 3.8) is 0 Å². The van der Waals surface area contributed by atoms with Crippen molar-refractivity contribution in [1.82, 2.24) is 0 Å². The van der Waals surface area contributed by atoms with E-state index in [4.69, 9.17) is 0 Å². The number of piperidine rings is 4. The maximum Gasteiger partial charge on any atom is 0.0841 e. The summed E-state index contributed by atoms with van der Waals surface area (Å²) in [6.07, 6.45) is 10.1. The summed E-state index contributed by atoms with van der Waals surface area (Å²) < 4.78 is 2.81. The molecule has 0 N–H and O–H groups in total. The minimum Gasteiger partial charge on any atom is -0.326 e. The summed E-state index contributed by atoms with van der Waals surface area (Å²) in [5.74, 6) is 1.94. The Labute approximate surface area is 155 Å². The van der Waals surface area contributed by atoms with E-state index in [1.807, 2.05) is 0 Å². The van der Waals surface area contributed by atoms with Gasteiger partial charge in [0.2, 0.25) is 0 Å². The predicted molar refractivity (Wildman–Crippen MR) is 105 cm³/mol. The fourth-order valence-electron chi connectivity index (χ4n) is 6.19. The van der Waals surface area contributed by atoms with Gasteiger partial charge in [-0.05, 0) is 37.2 Å². The highest BCUT2D eigenvalue weighted by Crippen LogP contribution is 2.39. The fourth-order valence-corrected chi connectivity index (χ4v) is 6.19. The molecule has 1 unspecified atom stereocenters. The van der Waals surface area contributed by atoms with Crippen LogP contribution in [0, 0.1) is 11.8 Å². The Morgan fingerprint density at radius 2 is 1.60 bits per heavy atom. The summed E-state index contributed by atoms with van der Waals surface area (Å²) in [5, 5.41) is 0. The number of hydrogen-bond acceptors (Lipinski definition) is 0. The first-order chi connectivity index (χ1) is 12.2. The molecule has 0 saturated carbocycles. The van der Waals surface area contributed by atoms with E-state index in [2.05, 4.69) is 37.4 Å². The highest BCUT2D eigenvalue weighted by Gasteiger charge is 2.45. The quantitative estimate of drug-likeness (QED) is 0.683. The zero-order chi connectivity index (χ0) is 17.2. The van der Waals surface area contributed by atoms with Crippen LogP contribution in [0.2, 0.25) is 0 Å². The molecule has 1 atom stereocenters. The summed E-state index contributed by atoms with van der Waals surface area (Å²) in [6.45, 7) is 10.1. The average molecular weight is 343 g/mol. The van der Waals surface area contributed by atoms with Gasteiger partial charge in [0.1, 0.15) is 0 Å². The summed E-state index contributed by atoms with van der Waals surface area (Å²) in [4.78, 5) is 0. The topological polar surface area (TPSA) is 0 Å². The van der Waals surface area contributed by atoms with Crippen LogP contribution in [-0.2, 0) is 6.42 Å². The largest absolute Gasteiger partial charge is 0.326 e. The molecular weight excluding hydrogens is 304 g/mol. The maximum atomic E-state index is 2.51. The lowest BCUT2D eigenvalue weighted by Crippen LogP contribution is -2.63. The molecule has 2 nitrogen and oxygen atoms in total. The Balaban J connectivity index is 1.33. The average Bonchev–Trinajstić information content (AvgIpc) is 2.64. The minimum atomic E-state index is 0.935. The summed E-state index contributed by atoms with van der Waals surface area (Å²) in [5.41, 5.74) is 1.56. The van der Waals surface area contributed by atoms with Crippen molar-refractivity contribution < 1.29 is 8.97 Å². The lowest BCUT2D eigenvalue weighted by Gasteiger charge is -2.53. The molecule has 0 aliphatic carbocycles. The number of hydrogen-bond donors (Lipinski definition) is 0. The van der Waals surface area contributed by atoms with Crippen molar-refractivity contribution in [3.05, 3.63) is 35.9 Å². The summed E-state index contributed by atoms with van der Waals surface area (Å²) in [7, 11) is 2.51. The number of likely N-dealkylation sites (tertiary alicyclic amines) is 1. The third kappa shape index (κ3) is 4.11. The molecule has 138 valence electrons. The van der Waals surface area contributed by atoms with Gasteiger partial charge in [-0.2, -0.15) is 0 Å². The second-order valence-corrected chi connectivity index (χ2v) is 9.69. The molecule has 4 saturated heterocycles. The Morgan fingerprint density at radius 1 is 0.880 bits per heavy atom. The van der Waals surface area contributed by atoms with Crippen LogP contribution in [-0.4, -0.2) is 61.8 Å². The Kier molecular flexibility index (Phi) is 5.20. The molecule has 2 bridgehead atoms. The summed E-state index contributed by atoms with van der Waals surface area (Å²) in [6, 6.07) is 11.2. The molecule has 0 spiro atoms. The molecule has 2 heteroatoms. The molecule has 0 amide bonds. The van der Waals surface area contributed by atoms with Gasteiger partial charge in [-0.1, -0.05) is 30.3 Å². The van der Waals surface area contributed by atoms with Gasteiger partial charge in [0.15, 0.2) is 0 Å². The first-order valence-electron chi connectivity index (χ1n) is 10.9. The third-order valence-electron chi connectivity index (χ3n) is 7.80. The monoisotopic (exact) mass is 342 g/mol. The zero-order valence-electron chi connectivity index (χ0n) is 16.3. The van der Waals surface area contributed by atoms with Crippen LogP contribution in [0.15, 0.2) is 30.3 Å². The van der Waals surface area contributed by atoms with Crippen molar-refractivity contribution in [2.24, 2.45) is 11.8 Å². The lowest BCUT2D eigenvalue weighted by molar-refractivity contribution is -0.954. The third-order valence-corrected chi connectivity index (χ3v) is 7.80. The van der Waals surface area contributed by atoms with Gasteiger partial charge in [0.05, 0.1) is 52.9 Å². The van der Waals surface area contributed by atoms with E-state index in [1.165, 1.54) is 99.7 Å². The van der Waals surface area contributed by atoms with Gasteiger partial charge in [0.25, 0.3) is 0 Å². The van der Waals surface area contributed by atoms with E-state index >= 15 is 0 Å². The van der Waals surface area contributed by atoms with Crippen molar-refractivity contribution >= 4 is 0 Å². The first-order valence-corrected chi connectivity index (χ1v) is 10.9. The van der Waals surface area contributed by atoms with Crippen molar-refractivity contribution in [3.8, 4) is 0 Å². The molecule has 4 aliphatic rings. The standard InChI is InChI=1S/C23H38N2/c1-24(13-6-3-7-14-24)15-8-16-25-17-11-22(12-18-25)23(20-25)19-21-9-4-2-5-10-21/h2,4-5,9-10,22-23H,3,6-8,11-20H2,1H3/q+2. The smallest absolute Gasteiger partial charge is 0.0841 e. The van der Waals surface area contributed by atoms with E-state index in [0.717, 1.165) is 11.8 Å². The van der Waals surface area contributed by atoms with E-state index in [1.54, 1.807) is 5.56 Å². The number of quaternary nitrogens is 2. The molecule has 4 aliphatic heterocycles. The lowest BCUT2D eigenvalue weighted by atomic mass is 9.74.